The molecule has 5 nitrogen and oxygen atoms in total. The lowest BCUT2D eigenvalue weighted by Gasteiger charge is -2.19. The minimum atomic E-state index is -0.271. The molecule has 0 bridgehead atoms. The lowest BCUT2D eigenvalue weighted by molar-refractivity contribution is -0.0398. The second kappa shape index (κ2) is 11.0. The molecule has 0 radical (unpaired) electrons. The van der Waals surface area contributed by atoms with Crippen molar-refractivity contribution in [2.75, 3.05) is 26.3 Å². The van der Waals surface area contributed by atoms with E-state index in [0.717, 1.165) is 44.6 Å². The van der Waals surface area contributed by atoms with Crippen LogP contribution in [0.5, 0.6) is 5.75 Å². The minimum Gasteiger partial charge on any atom is -0.496 e. The van der Waals surface area contributed by atoms with Gasteiger partial charge in [-0.1, -0.05) is 36.6 Å². The Morgan fingerprint density at radius 3 is 2.68 bits per heavy atom. The van der Waals surface area contributed by atoms with Gasteiger partial charge >= 0.3 is 0 Å². The smallest absolute Gasteiger partial charge is 0.183 e. The zero-order valence-corrected chi connectivity index (χ0v) is 21.5. The summed E-state index contributed by atoms with van der Waals surface area (Å²) in [6.07, 6.45) is 3.37. The molecule has 1 aromatic heterocycles. The summed E-state index contributed by atoms with van der Waals surface area (Å²) < 4.78 is 30.3. The molecule has 0 unspecified atom stereocenters. The van der Waals surface area contributed by atoms with Gasteiger partial charge in [0.15, 0.2) is 5.13 Å². The Morgan fingerprint density at radius 2 is 2.00 bits per heavy atom. The Balaban J connectivity index is 1.57. The van der Waals surface area contributed by atoms with E-state index in [2.05, 4.69) is 5.32 Å². The number of aromatic nitrogens is 1. The quantitative estimate of drug-likeness (QED) is 0.219. The summed E-state index contributed by atoms with van der Waals surface area (Å²) >= 11 is 8.14. The van der Waals surface area contributed by atoms with Gasteiger partial charge in [0.2, 0.25) is 0 Å². The number of hydrogen-bond acceptors (Lipinski definition) is 6. The molecule has 3 aromatic rings. The second-order valence-electron chi connectivity index (χ2n) is 8.71. The van der Waals surface area contributed by atoms with Gasteiger partial charge in [0.05, 0.1) is 30.5 Å². The van der Waals surface area contributed by atoms with Gasteiger partial charge in [0.1, 0.15) is 18.4 Å². The number of hydrogen-bond donors (Lipinski definition) is 1. The Labute approximate surface area is 209 Å². The highest BCUT2D eigenvalue weighted by molar-refractivity contribution is 7.16. The predicted molar refractivity (Wildman–Crippen MR) is 135 cm³/mol. The fourth-order valence-corrected chi connectivity index (χ4v) is 5.14. The molecule has 182 valence electrons. The maximum absolute atomic E-state index is 14.8. The van der Waals surface area contributed by atoms with Crippen LogP contribution in [0.2, 0.25) is 5.02 Å². The summed E-state index contributed by atoms with van der Waals surface area (Å²) in [4.78, 5) is 5.94. The van der Waals surface area contributed by atoms with Gasteiger partial charge in [-0.25, -0.2) is 9.37 Å². The van der Waals surface area contributed by atoms with Crippen LogP contribution >= 0.6 is 22.9 Å². The van der Waals surface area contributed by atoms with E-state index < -0.39 is 0 Å². The number of nitrogens with one attached hydrogen (secondary N) is 1. The molecule has 1 fully saturated rings. The number of anilines is 1. The number of benzene rings is 2. The average molecular weight is 505 g/mol. The molecular weight excluding hydrogens is 475 g/mol. The minimum absolute atomic E-state index is 0.0255. The van der Waals surface area contributed by atoms with E-state index in [0.29, 0.717) is 16.5 Å². The summed E-state index contributed by atoms with van der Waals surface area (Å²) in [6, 6.07) is 9.18. The third-order valence-corrected chi connectivity index (χ3v) is 7.25. The average Bonchev–Trinajstić information content (AvgIpc) is 3.56. The molecule has 1 heterocycles. The van der Waals surface area contributed by atoms with Gasteiger partial charge in [-0.2, -0.15) is 0 Å². The molecule has 1 N–H and O–H groups in total. The van der Waals surface area contributed by atoms with Crippen LogP contribution in [0.1, 0.15) is 46.9 Å². The largest absolute Gasteiger partial charge is 0.496 e. The summed E-state index contributed by atoms with van der Waals surface area (Å²) in [6.45, 7) is 4.34. The second-order valence-corrected chi connectivity index (χ2v) is 10.3. The topological polar surface area (TPSA) is 52.6 Å². The number of thiazole rings is 1. The van der Waals surface area contributed by atoms with Crippen LogP contribution in [-0.4, -0.2) is 26.0 Å². The van der Waals surface area contributed by atoms with Gasteiger partial charge in [0, 0.05) is 23.1 Å². The van der Waals surface area contributed by atoms with Crippen LogP contribution in [0.25, 0.3) is 11.3 Å². The van der Waals surface area contributed by atoms with Gasteiger partial charge in [-0.05, 0) is 55.5 Å². The van der Waals surface area contributed by atoms with Crippen molar-refractivity contribution in [3.05, 3.63) is 62.7 Å². The van der Waals surface area contributed by atoms with Gasteiger partial charge in [0.25, 0.3) is 0 Å². The maximum Gasteiger partial charge on any atom is 0.183 e. The van der Waals surface area contributed by atoms with Crippen molar-refractivity contribution in [3.63, 3.8) is 0 Å². The zero-order valence-electron chi connectivity index (χ0n) is 19.9. The van der Waals surface area contributed by atoms with E-state index in [9.17, 15) is 4.39 Å². The summed E-state index contributed by atoms with van der Waals surface area (Å²) in [5, 5.41) is 4.98. The molecule has 8 heteroatoms. The number of aryl methyl sites for hydroxylation is 2. The first-order chi connectivity index (χ1) is 16.4. The van der Waals surface area contributed by atoms with Crippen LogP contribution in [0.4, 0.5) is 9.52 Å². The maximum atomic E-state index is 14.8. The van der Waals surface area contributed by atoms with Crippen LogP contribution in [0.15, 0.2) is 30.3 Å². The molecule has 1 atom stereocenters. The summed E-state index contributed by atoms with van der Waals surface area (Å²) in [5.74, 6) is 1.14. The van der Waals surface area contributed by atoms with Crippen molar-refractivity contribution in [2.45, 2.75) is 45.8 Å². The monoisotopic (exact) mass is 504 g/mol. The fraction of sp³-hybridized carbons (Fsp3) is 0.423. The molecule has 0 spiro atoms. The number of halogens is 2. The van der Waals surface area contributed by atoms with Crippen molar-refractivity contribution in [2.24, 2.45) is 5.92 Å². The molecule has 34 heavy (non-hydrogen) atoms. The number of rotatable bonds is 11. The normalized spacial score (nSPS) is 14.3. The molecule has 1 saturated carbocycles. The lowest BCUT2D eigenvalue weighted by atomic mass is 9.99. The van der Waals surface area contributed by atoms with Crippen molar-refractivity contribution in [1.82, 2.24) is 4.98 Å². The van der Waals surface area contributed by atoms with Crippen LogP contribution in [-0.2, 0) is 16.1 Å². The van der Waals surface area contributed by atoms with E-state index in [1.165, 1.54) is 12.8 Å². The molecule has 1 aliphatic rings. The SMILES string of the molecule is COCOCc1ccc([C@H](CC2CC2)Nc2nc(-c3cc(C)c(OC)cc3Cl)c(C)s2)cc1F. The molecule has 4 rings (SSSR count). The van der Waals surface area contributed by atoms with Crippen molar-refractivity contribution >= 4 is 28.1 Å². The van der Waals surface area contributed by atoms with E-state index >= 15 is 0 Å². The van der Waals surface area contributed by atoms with Crippen LogP contribution < -0.4 is 10.1 Å². The summed E-state index contributed by atoms with van der Waals surface area (Å²) in [7, 11) is 3.18. The van der Waals surface area contributed by atoms with Crippen LogP contribution in [0, 0.1) is 25.6 Å². The van der Waals surface area contributed by atoms with Crippen molar-refractivity contribution in [3.8, 4) is 17.0 Å². The van der Waals surface area contributed by atoms with E-state index in [-0.39, 0.29) is 25.3 Å². The lowest BCUT2D eigenvalue weighted by Crippen LogP contribution is -2.12. The Kier molecular flexibility index (Phi) is 8.09. The first-order valence-corrected chi connectivity index (χ1v) is 12.5. The molecule has 2 aromatic carbocycles. The molecule has 0 amide bonds. The zero-order chi connectivity index (χ0) is 24.2. The van der Waals surface area contributed by atoms with E-state index in [4.69, 9.17) is 30.8 Å². The van der Waals surface area contributed by atoms with Crippen LogP contribution in [0.3, 0.4) is 0 Å². The standard InChI is InChI=1S/C26H30ClFN2O3S/c1-15-9-20(21(27)12-24(15)32-4)25-16(2)34-26(30-25)29-23(10-17-5-6-17)18-7-8-19(22(28)11-18)13-33-14-31-3/h7-9,11-12,17,23H,5-6,10,13-14H2,1-4H3,(H,29,30)/t23-/m0/s1. The fourth-order valence-electron chi connectivity index (χ4n) is 4.02. The molecule has 1 aliphatic carbocycles. The predicted octanol–water partition coefficient (Wildman–Crippen LogP) is 7.30. The van der Waals surface area contributed by atoms with Gasteiger partial charge in [-0.3, -0.25) is 0 Å². The van der Waals surface area contributed by atoms with Crippen molar-refractivity contribution < 1.29 is 18.6 Å². The number of ether oxygens (including phenoxy) is 3. The van der Waals surface area contributed by atoms with Gasteiger partial charge in [-0.15, -0.1) is 11.3 Å². The number of nitrogens with zero attached hydrogens (tertiary/aromatic N) is 1. The third-order valence-electron chi connectivity index (χ3n) is 6.04. The van der Waals surface area contributed by atoms with Gasteiger partial charge < -0.3 is 19.5 Å². The number of methoxy groups -OCH3 is 2. The highest BCUT2D eigenvalue weighted by atomic mass is 35.5. The summed E-state index contributed by atoms with van der Waals surface area (Å²) in [5.41, 5.74) is 4.16. The Hall–Kier alpha value is -2.19. The first kappa shape index (κ1) is 24.9. The highest BCUT2D eigenvalue weighted by Crippen LogP contribution is 2.42. The van der Waals surface area contributed by atoms with Crippen molar-refractivity contribution in [1.29, 1.82) is 0 Å². The van der Waals surface area contributed by atoms with E-state index in [1.54, 1.807) is 37.7 Å². The molecule has 0 aliphatic heterocycles. The Bertz CT molecular complexity index is 1150. The third kappa shape index (κ3) is 5.89. The highest BCUT2D eigenvalue weighted by Gasteiger charge is 2.28. The van der Waals surface area contributed by atoms with E-state index in [1.807, 2.05) is 32.0 Å². The molecule has 0 saturated heterocycles. The first-order valence-electron chi connectivity index (χ1n) is 11.3. The Morgan fingerprint density at radius 1 is 1.21 bits per heavy atom. The molecular formula is C26H30ClFN2O3S.